The van der Waals surface area contributed by atoms with Crippen molar-refractivity contribution in [3.8, 4) is 0 Å². The quantitative estimate of drug-likeness (QED) is 0.849. The van der Waals surface area contributed by atoms with Crippen molar-refractivity contribution in [1.29, 1.82) is 0 Å². The first-order valence-corrected chi connectivity index (χ1v) is 8.13. The first-order valence-electron chi connectivity index (χ1n) is 6.97. The average molecular weight is 297 g/mol. The second kappa shape index (κ2) is 6.18. The number of thioether (sulfide) groups is 1. The zero-order valence-corrected chi connectivity index (χ0v) is 13.2. The lowest BCUT2D eigenvalue weighted by atomic mass is 10.0. The maximum Gasteiger partial charge on any atom is 0.220 e. The van der Waals surface area contributed by atoms with Crippen LogP contribution in [0.2, 0.25) is 0 Å². The van der Waals surface area contributed by atoms with Crippen molar-refractivity contribution in [3.05, 3.63) is 17.0 Å². The third-order valence-corrected chi connectivity index (χ3v) is 5.19. The predicted octanol–water partition coefficient (Wildman–Crippen LogP) is 0.954. The number of rotatable bonds is 5. The van der Waals surface area contributed by atoms with Crippen LogP contribution >= 0.6 is 11.8 Å². The molecule has 1 aliphatic heterocycles. The summed E-state index contributed by atoms with van der Waals surface area (Å²) in [7, 11) is 1.92. The van der Waals surface area contributed by atoms with Gasteiger partial charge in [-0.1, -0.05) is 0 Å². The Balaban J connectivity index is 1.80. The van der Waals surface area contributed by atoms with Gasteiger partial charge in [0, 0.05) is 31.5 Å². The molecule has 0 radical (unpaired) electrons. The number of aromatic nitrogens is 2. The van der Waals surface area contributed by atoms with Gasteiger partial charge in [-0.25, -0.2) is 0 Å². The maximum absolute atomic E-state index is 11.9. The molecule has 112 valence electrons. The van der Waals surface area contributed by atoms with Crippen molar-refractivity contribution in [2.45, 2.75) is 38.7 Å². The standard InChI is InChI=1S/C14H23N3O2S/c1-10-12(11(2)17(3)16-10)4-5-13(18)15-8-14(19)6-7-20-9-14/h19H,4-9H2,1-3H3,(H,15,18)/t14-/m0/s1. The minimum absolute atomic E-state index is 0.00187. The van der Waals surface area contributed by atoms with E-state index in [1.165, 1.54) is 0 Å². The maximum atomic E-state index is 11.9. The van der Waals surface area contributed by atoms with E-state index < -0.39 is 5.60 Å². The van der Waals surface area contributed by atoms with Gasteiger partial charge in [0.25, 0.3) is 0 Å². The Labute approximate surface area is 124 Å². The molecular formula is C14H23N3O2S. The number of hydrogen-bond donors (Lipinski definition) is 2. The van der Waals surface area contributed by atoms with E-state index in [9.17, 15) is 9.90 Å². The smallest absolute Gasteiger partial charge is 0.220 e. The van der Waals surface area contributed by atoms with E-state index in [2.05, 4.69) is 10.4 Å². The summed E-state index contributed by atoms with van der Waals surface area (Å²) in [5, 5.41) is 17.4. The van der Waals surface area contributed by atoms with Crippen LogP contribution in [0.4, 0.5) is 0 Å². The Kier molecular flexibility index (Phi) is 4.75. The molecule has 1 aromatic rings. The fourth-order valence-electron chi connectivity index (χ4n) is 2.51. The lowest BCUT2D eigenvalue weighted by Crippen LogP contribution is -2.43. The highest BCUT2D eigenvalue weighted by Crippen LogP contribution is 2.27. The molecule has 1 aliphatic rings. The first-order chi connectivity index (χ1) is 9.41. The highest BCUT2D eigenvalue weighted by molar-refractivity contribution is 7.99. The summed E-state index contributed by atoms with van der Waals surface area (Å²) < 4.78 is 1.85. The van der Waals surface area contributed by atoms with Gasteiger partial charge >= 0.3 is 0 Å². The van der Waals surface area contributed by atoms with Gasteiger partial charge in [-0.05, 0) is 38.0 Å². The summed E-state index contributed by atoms with van der Waals surface area (Å²) in [6.07, 6.45) is 1.90. The van der Waals surface area contributed by atoms with Crippen molar-refractivity contribution < 1.29 is 9.90 Å². The summed E-state index contributed by atoms with van der Waals surface area (Å²) in [6.45, 7) is 4.36. The van der Waals surface area contributed by atoms with Crippen molar-refractivity contribution >= 4 is 17.7 Å². The van der Waals surface area contributed by atoms with E-state index in [0.29, 0.717) is 25.1 Å². The molecule has 0 saturated carbocycles. The van der Waals surface area contributed by atoms with Gasteiger partial charge in [-0.2, -0.15) is 16.9 Å². The van der Waals surface area contributed by atoms with E-state index >= 15 is 0 Å². The van der Waals surface area contributed by atoms with Crippen molar-refractivity contribution in [2.24, 2.45) is 7.05 Å². The molecule has 1 amide bonds. The first kappa shape index (κ1) is 15.4. The Bertz CT molecular complexity index is 493. The number of hydrogen-bond acceptors (Lipinski definition) is 4. The number of carbonyl (C=O) groups excluding carboxylic acids is 1. The minimum Gasteiger partial charge on any atom is -0.387 e. The molecule has 1 fully saturated rings. The molecule has 0 aliphatic carbocycles. The number of aryl methyl sites for hydroxylation is 2. The molecule has 1 atom stereocenters. The van der Waals surface area contributed by atoms with Gasteiger partial charge in [-0.3, -0.25) is 9.48 Å². The van der Waals surface area contributed by atoms with Crippen LogP contribution in [0.25, 0.3) is 0 Å². The third kappa shape index (κ3) is 3.55. The predicted molar refractivity (Wildman–Crippen MR) is 80.9 cm³/mol. The average Bonchev–Trinajstić information content (AvgIpc) is 2.92. The van der Waals surface area contributed by atoms with Crippen LogP contribution in [0, 0.1) is 13.8 Å². The van der Waals surface area contributed by atoms with Crippen LogP contribution in [-0.4, -0.2) is 44.4 Å². The number of aliphatic hydroxyl groups is 1. The Morgan fingerprint density at radius 2 is 2.30 bits per heavy atom. The number of nitrogens with zero attached hydrogens (tertiary/aromatic N) is 2. The number of nitrogens with one attached hydrogen (secondary N) is 1. The molecule has 0 spiro atoms. The Hall–Kier alpha value is -1.01. The summed E-state index contributed by atoms with van der Waals surface area (Å²) in [6, 6.07) is 0. The van der Waals surface area contributed by atoms with Crippen LogP contribution in [0.1, 0.15) is 29.8 Å². The van der Waals surface area contributed by atoms with Gasteiger partial charge in [0.2, 0.25) is 5.91 Å². The Morgan fingerprint density at radius 3 is 2.85 bits per heavy atom. The molecule has 6 heteroatoms. The number of amides is 1. The lowest BCUT2D eigenvalue weighted by molar-refractivity contribution is -0.122. The highest BCUT2D eigenvalue weighted by Gasteiger charge is 2.31. The van der Waals surface area contributed by atoms with Crippen LogP contribution in [0.3, 0.4) is 0 Å². The molecule has 0 unspecified atom stereocenters. The van der Waals surface area contributed by atoms with Crippen LogP contribution < -0.4 is 5.32 Å². The normalized spacial score (nSPS) is 22.2. The zero-order chi connectivity index (χ0) is 14.8. The van der Waals surface area contributed by atoms with E-state index in [0.717, 1.165) is 29.1 Å². The second-order valence-electron chi connectivity index (χ2n) is 5.58. The molecule has 2 rings (SSSR count). The van der Waals surface area contributed by atoms with Gasteiger partial charge in [0.15, 0.2) is 0 Å². The topological polar surface area (TPSA) is 67.2 Å². The molecular weight excluding hydrogens is 274 g/mol. The zero-order valence-electron chi connectivity index (χ0n) is 12.4. The molecule has 0 aromatic carbocycles. The Morgan fingerprint density at radius 1 is 1.55 bits per heavy atom. The van der Waals surface area contributed by atoms with Gasteiger partial charge in [0.05, 0.1) is 11.3 Å². The van der Waals surface area contributed by atoms with Crippen LogP contribution in [-0.2, 0) is 18.3 Å². The van der Waals surface area contributed by atoms with Gasteiger partial charge in [0.1, 0.15) is 0 Å². The molecule has 2 N–H and O–H groups in total. The van der Waals surface area contributed by atoms with Crippen LogP contribution in [0.15, 0.2) is 0 Å². The van der Waals surface area contributed by atoms with Crippen molar-refractivity contribution in [1.82, 2.24) is 15.1 Å². The largest absolute Gasteiger partial charge is 0.387 e. The lowest BCUT2D eigenvalue weighted by Gasteiger charge is -2.21. The second-order valence-corrected chi connectivity index (χ2v) is 6.68. The van der Waals surface area contributed by atoms with E-state index in [1.54, 1.807) is 11.8 Å². The molecule has 0 bridgehead atoms. The molecule has 1 aromatic heterocycles. The number of carbonyl (C=O) groups is 1. The van der Waals surface area contributed by atoms with E-state index in [-0.39, 0.29) is 5.91 Å². The highest BCUT2D eigenvalue weighted by atomic mass is 32.2. The minimum atomic E-state index is -0.708. The molecule has 5 nitrogen and oxygen atoms in total. The molecule has 2 heterocycles. The summed E-state index contributed by atoms with van der Waals surface area (Å²) in [4.78, 5) is 11.9. The summed E-state index contributed by atoms with van der Waals surface area (Å²) >= 11 is 1.74. The fourth-order valence-corrected chi connectivity index (χ4v) is 3.80. The van der Waals surface area contributed by atoms with Crippen molar-refractivity contribution in [3.63, 3.8) is 0 Å². The van der Waals surface area contributed by atoms with Gasteiger partial charge < -0.3 is 10.4 Å². The van der Waals surface area contributed by atoms with E-state index in [4.69, 9.17) is 0 Å². The van der Waals surface area contributed by atoms with Gasteiger partial charge in [-0.15, -0.1) is 0 Å². The third-order valence-electron chi connectivity index (χ3n) is 3.96. The summed E-state index contributed by atoms with van der Waals surface area (Å²) in [5.74, 6) is 1.69. The molecule has 1 saturated heterocycles. The molecule has 20 heavy (non-hydrogen) atoms. The fraction of sp³-hybridized carbons (Fsp3) is 0.714. The van der Waals surface area contributed by atoms with Crippen molar-refractivity contribution in [2.75, 3.05) is 18.1 Å². The summed E-state index contributed by atoms with van der Waals surface area (Å²) in [5.41, 5.74) is 2.54. The SMILES string of the molecule is Cc1nn(C)c(C)c1CCC(=O)NC[C@@]1(O)CCSC1. The van der Waals surface area contributed by atoms with E-state index in [1.807, 2.05) is 25.6 Å². The van der Waals surface area contributed by atoms with Crippen LogP contribution in [0.5, 0.6) is 0 Å². The monoisotopic (exact) mass is 297 g/mol.